The first kappa shape index (κ1) is 16.7. The molecule has 0 saturated heterocycles. The fourth-order valence-corrected chi connectivity index (χ4v) is 2.34. The second-order valence-electron chi connectivity index (χ2n) is 5.29. The van der Waals surface area contributed by atoms with Gasteiger partial charge in [0.2, 0.25) is 5.43 Å². The lowest BCUT2D eigenvalue weighted by Crippen LogP contribution is -2.28. The Morgan fingerprint density at radius 2 is 2.00 bits per heavy atom. The molecule has 0 unspecified atom stereocenters. The van der Waals surface area contributed by atoms with Gasteiger partial charge in [-0.2, -0.15) is 13.2 Å². The van der Waals surface area contributed by atoms with Gasteiger partial charge in [0.05, 0.1) is 17.8 Å². The first-order valence-corrected chi connectivity index (χ1v) is 7.27. The first-order valence-electron chi connectivity index (χ1n) is 7.27. The molecule has 2 heterocycles. The summed E-state index contributed by atoms with van der Waals surface area (Å²) in [6.07, 6.45) is -1.83. The Labute approximate surface area is 139 Å². The molecule has 3 rings (SSSR count). The standard InChI is InChI=1S/C17H12F3N3O2/c18-17(19,20)10-4-5-12-14(7-10)22-9-13(15(12)24)16(25)23-8-11-3-1-2-6-21-11/h1-7,9H,8H2,(H,22,24)(H,23,25). The van der Waals surface area contributed by atoms with Crippen LogP contribution in [-0.2, 0) is 12.7 Å². The number of nitrogens with one attached hydrogen (secondary N) is 2. The maximum absolute atomic E-state index is 12.7. The summed E-state index contributed by atoms with van der Waals surface area (Å²) in [7, 11) is 0. The van der Waals surface area contributed by atoms with Crippen LogP contribution >= 0.6 is 0 Å². The molecule has 0 spiro atoms. The van der Waals surface area contributed by atoms with Crippen molar-refractivity contribution >= 4 is 16.8 Å². The molecule has 0 aliphatic carbocycles. The number of rotatable bonds is 3. The van der Waals surface area contributed by atoms with Crippen molar-refractivity contribution in [2.24, 2.45) is 0 Å². The SMILES string of the molecule is O=C(NCc1ccccn1)c1c[nH]c2cc(C(F)(F)F)ccc2c1=O. The third-order valence-electron chi connectivity index (χ3n) is 3.61. The number of hydrogen-bond acceptors (Lipinski definition) is 3. The number of hydrogen-bond donors (Lipinski definition) is 2. The molecule has 128 valence electrons. The zero-order valence-electron chi connectivity index (χ0n) is 12.7. The summed E-state index contributed by atoms with van der Waals surface area (Å²) in [5.74, 6) is -0.631. The number of amides is 1. The number of carbonyl (C=O) groups is 1. The normalized spacial score (nSPS) is 11.5. The van der Waals surface area contributed by atoms with Crippen LogP contribution < -0.4 is 10.7 Å². The number of halogens is 3. The van der Waals surface area contributed by atoms with Crippen LogP contribution in [0.15, 0.2) is 53.6 Å². The number of benzene rings is 1. The van der Waals surface area contributed by atoms with Crippen molar-refractivity contribution in [3.05, 3.63) is 75.8 Å². The van der Waals surface area contributed by atoms with E-state index in [0.29, 0.717) is 5.69 Å². The van der Waals surface area contributed by atoms with E-state index in [2.05, 4.69) is 15.3 Å². The molecule has 0 bridgehead atoms. The van der Waals surface area contributed by atoms with Gasteiger partial charge in [0.15, 0.2) is 0 Å². The maximum Gasteiger partial charge on any atom is 0.416 e. The monoisotopic (exact) mass is 347 g/mol. The summed E-state index contributed by atoms with van der Waals surface area (Å²) >= 11 is 0. The Hall–Kier alpha value is -3.16. The van der Waals surface area contributed by atoms with Crippen molar-refractivity contribution in [3.63, 3.8) is 0 Å². The summed E-state index contributed by atoms with van der Waals surface area (Å²) in [5.41, 5.74) is -1.06. The molecule has 0 radical (unpaired) electrons. The van der Waals surface area contributed by atoms with Crippen LogP contribution in [0.3, 0.4) is 0 Å². The maximum atomic E-state index is 12.7. The van der Waals surface area contributed by atoms with Crippen LogP contribution in [-0.4, -0.2) is 15.9 Å². The van der Waals surface area contributed by atoms with Gasteiger partial charge in [0, 0.05) is 23.3 Å². The number of pyridine rings is 2. The second kappa shape index (κ2) is 6.39. The summed E-state index contributed by atoms with van der Waals surface area (Å²) in [4.78, 5) is 31.2. The predicted octanol–water partition coefficient (Wildman–Crippen LogP) is 2.87. The van der Waals surface area contributed by atoms with Gasteiger partial charge in [0.1, 0.15) is 5.56 Å². The van der Waals surface area contributed by atoms with Gasteiger partial charge >= 0.3 is 6.18 Å². The molecule has 0 aliphatic heterocycles. The van der Waals surface area contributed by atoms with E-state index in [4.69, 9.17) is 0 Å². The van der Waals surface area contributed by atoms with Crippen LogP contribution in [0.4, 0.5) is 13.2 Å². The minimum absolute atomic E-state index is 0.0125. The van der Waals surface area contributed by atoms with E-state index in [0.717, 1.165) is 24.4 Å². The Morgan fingerprint density at radius 1 is 1.20 bits per heavy atom. The average molecular weight is 347 g/mol. The number of H-pyrrole nitrogens is 1. The Kier molecular flexibility index (Phi) is 4.26. The van der Waals surface area contributed by atoms with Gasteiger partial charge in [-0.1, -0.05) is 6.07 Å². The summed E-state index contributed by atoms with van der Waals surface area (Å²) in [5, 5.41) is 2.57. The number of aromatic nitrogens is 2. The second-order valence-corrected chi connectivity index (χ2v) is 5.29. The van der Waals surface area contributed by atoms with Gasteiger partial charge in [-0.05, 0) is 30.3 Å². The Bertz CT molecular complexity index is 982. The highest BCUT2D eigenvalue weighted by Crippen LogP contribution is 2.30. The van der Waals surface area contributed by atoms with Gasteiger partial charge in [-0.15, -0.1) is 0 Å². The molecule has 2 aromatic heterocycles. The number of fused-ring (bicyclic) bond motifs is 1. The molecule has 25 heavy (non-hydrogen) atoms. The van der Waals surface area contributed by atoms with E-state index in [1.165, 1.54) is 0 Å². The fraction of sp³-hybridized carbons (Fsp3) is 0.118. The van der Waals surface area contributed by atoms with Crippen molar-refractivity contribution in [2.45, 2.75) is 12.7 Å². The van der Waals surface area contributed by atoms with Gasteiger partial charge in [-0.25, -0.2) is 0 Å². The number of alkyl halides is 3. The zero-order chi connectivity index (χ0) is 18.0. The van der Waals surface area contributed by atoms with E-state index < -0.39 is 23.1 Å². The quantitative estimate of drug-likeness (QED) is 0.765. The van der Waals surface area contributed by atoms with Crippen LogP contribution in [0.5, 0.6) is 0 Å². The molecule has 0 atom stereocenters. The van der Waals surface area contributed by atoms with E-state index in [-0.39, 0.29) is 23.0 Å². The third-order valence-corrected chi connectivity index (χ3v) is 3.61. The van der Waals surface area contributed by atoms with Gasteiger partial charge in [-0.3, -0.25) is 14.6 Å². The highest BCUT2D eigenvalue weighted by atomic mass is 19.4. The number of nitrogens with zero attached hydrogens (tertiary/aromatic N) is 1. The van der Waals surface area contributed by atoms with Crippen molar-refractivity contribution in [1.82, 2.24) is 15.3 Å². The Morgan fingerprint density at radius 3 is 2.68 bits per heavy atom. The molecular formula is C17H12F3N3O2. The minimum atomic E-state index is -4.51. The van der Waals surface area contributed by atoms with Gasteiger partial charge in [0.25, 0.3) is 5.91 Å². The van der Waals surface area contributed by atoms with Crippen molar-refractivity contribution in [1.29, 1.82) is 0 Å². The van der Waals surface area contributed by atoms with Crippen LogP contribution in [0, 0.1) is 0 Å². The average Bonchev–Trinajstić information content (AvgIpc) is 2.60. The molecule has 1 amide bonds. The molecule has 8 heteroatoms. The van der Waals surface area contributed by atoms with E-state index in [9.17, 15) is 22.8 Å². The zero-order valence-corrected chi connectivity index (χ0v) is 12.7. The number of carbonyl (C=O) groups excluding carboxylic acids is 1. The summed E-state index contributed by atoms with van der Waals surface area (Å²) < 4.78 is 38.2. The lowest BCUT2D eigenvalue weighted by atomic mass is 10.1. The lowest BCUT2D eigenvalue weighted by Gasteiger charge is -2.09. The highest BCUT2D eigenvalue weighted by molar-refractivity contribution is 5.97. The van der Waals surface area contributed by atoms with Crippen molar-refractivity contribution in [3.8, 4) is 0 Å². The molecular weight excluding hydrogens is 335 g/mol. The largest absolute Gasteiger partial charge is 0.416 e. The Balaban J connectivity index is 1.88. The van der Waals surface area contributed by atoms with Crippen LogP contribution in [0.2, 0.25) is 0 Å². The molecule has 3 aromatic rings. The third kappa shape index (κ3) is 3.52. The molecule has 5 nitrogen and oxygen atoms in total. The van der Waals surface area contributed by atoms with Crippen LogP contribution in [0.25, 0.3) is 10.9 Å². The van der Waals surface area contributed by atoms with E-state index in [1.54, 1.807) is 24.4 Å². The van der Waals surface area contributed by atoms with Crippen molar-refractivity contribution in [2.75, 3.05) is 0 Å². The minimum Gasteiger partial charge on any atom is -0.360 e. The fourth-order valence-electron chi connectivity index (χ4n) is 2.34. The van der Waals surface area contributed by atoms with E-state index in [1.807, 2.05) is 0 Å². The molecule has 0 aliphatic rings. The molecule has 0 fully saturated rings. The first-order chi connectivity index (χ1) is 11.9. The summed E-state index contributed by atoms with van der Waals surface area (Å²) in [6.45, 7) is 0.129. The van der Waals surface area contributed by atoms with Crippen molar-refractivity contribution < 1.29 is 18.0 Å². The van der Waals surface area contributed by atoms with Gasteiger partial charge < -0.3 is 10.3 Å². The van der Waals surface area contributed by atoms with Crippen LogP contribution in [0.1, 0.15) is 21.6 Å². The molecule has 1 aromatic carbocycles. The van der Waals surface area contributed by atoms with E-state index >= 15 is 0 Å². The molecule has 0 saturated carbocycles. The topological polar surface area (TPSA) is 74.8 Å². The predicted molar refractivity (Wildman–Crippen MR) is 85.0 cm³/mol. The highest BCUT2D eigenvalue weighted by Gasteiger charge is 2.30. The summed E-state index contributed by atoms with van der Waals surface area (Å²) in [6, 6.07) is 7.92. The smallest absolute Gasteiger partial charge is 0.360 e. The number of aromatic amines is 1. The lowest BCUT2D eigenvalue weighted by molar-refractivity contribution is -0.137. The molecule has 2 N–H and O–H groups in total.